The molecule has 0 amide bonds. The number of anilines is 1. The van der Waals surface area contributed by atoms with E-state index in [2.05, 4.69) is 47.2 Å². The van der Waals surface area contributed by atoms with Crippen LogP contribution in [0.3, 0.4) is 0 Å². The first-order valence-electron chi connectivity index (χ1n) is 6.73. The van der Waals surface area contributed by atoms with E-state index >= 15 is 0 Å². The molecule has 2 rings (SSSR count). The van der Waals surface area contributed by atoms with E-state index in [1.807, 2.05) is 19.2 Å². The molecule has 0 saturated heterocycles. The van der Waals surface area contributed by atoms with Crippen molar-refractivity contribution in [2.75, 3.05) is 11.9 Å². The zero-order valence-corrected chi connectivity index (χ0v) is 13.4. The molecule has 0 bridgehead atoms. The van der Waals surface area contributed by atoms with Gasteiger partial charge in [-0.1, -0.05) is 45.0 Å². The first-order valence-corrected chi connectivity index (χ1v) is 7.50. The lowest BCUT2D eigenvalue weighted by Gasteiger charge is -2.16. The second-order valence-electron chi connectivity index (χ2n) is 6.03. The third-order valence-electron chi connectivity index (χ3n) is 3.06. The van der Waals surface area contributed by atoms with Gasteiger partial charge in [0.1, 0.15) is 5.82 Å². The molecule has 0 radical (unpaired) electrons. The van der Waals surface area contributed by atoms with Crippen LogP contribution < -0.4 is 10.6 Å². The molecule has 0 atom stereocenters. The van der Waals surface area contributed by atoms with Crippen molar-refractivity contribution in [2.24, 2.45) is 5.73 Å². The summed E-state index contributed by atoms with van der Waals surface area (Å²) in [5, 5.41) is 0.952. The molecule has 0 fully saturated rings. The van der Waals surface area contributed by atoms with Crippen molar-refractivity contribution in [3.8, 4) is 0 Å². The van der Waals surface area contributed by atoms with E-state index in [0.717, 1.165) is 23.1 Å². The summed E-state index contributed by atoms with van der Waals surface area (Å²) in [7, 11) is 2.04. The Morgan fingerprint density at radius 1 is 1.25 bits per heavy atom. The minimum absolute atomic E-state index is 0.00490. The minimum Gasteiger partial charge on any atom is -0.346 e. The summed E-state index contributed by atoms with van der Waals surface area (Å²) in [5.41, 5.74) is 8.07. The van der Waals surface area contributed by atoms with E-state index in [0.29, 0.717) is 6.54 Å². The Balaban J connectivity index is 2.11. The van der Waals surface area contributed by atoms with Crippen molar-refractivity contribution in [3.05, 3.63) is 41.2 Å². The van der Waals surface area contributed by atoms with Crippen LogP contribution in [0.2, 0.25) is 0 Å². The van der Waals surface area contributed by atoms with Gasteiger partial charge in [-0.3, -0.25) is 0 Å². The molecule has 0 saturated carbocycles. The molecule has 0 aliphatic rings. The lowest BCUT2D eigenvalue weighted by Crippen LogP contribution is -2.18. The minimum atomic E-state index is -0.00490. The second-order valence-corrected chi connectivity index (χ2v) is 6.76. The van der Waals surface area contributed by atoms with Gasteiger partial charge in [-0.05, 0) is 11.1 Å². The predicted octanol–water partition coefficient (Wildman–Crippen LogP) is 2.93. The van der Waals surface area contributed by atoms with Gasteiger partial charge < -0.3 is 10.6 Å². The molecule has 20 heavy (non-hydrogen) atoms. The van der Waals surface area contributed by atoms with Crippen molar-refractivity contribution >= 4 is 16.7 Å². The molecule has 4 nitrogen and oxygen atoms in total. The van der Waals surface area contributed by atoms with Gasteiger partial charge in [0.15, 0.2) is 0 Å². The van der Waals surface area contributed by atoms with Crippen LogP contribution in [0.5, 0.6) is 0 Å². The van der Waals surface area contributed by atoms with Crippen molar-refractivity contribution in [2.45, 2.75) is 39.3 Å². The smallest absolute Gasteiger partial charge is 0.205 e. The SMILES string of the molecule is CN(Cc1cccc(CN)c1)c1nc(C(C)(C)C)ns1. The highest BCUT2D eigenvalue weighted by atomic mass is 32.1. The van der Waals surface area contributed by atoms with E-state index < -0.39 is 0 Å². The third kappa shape index (κ3) is 3.55. The van der Waals surface area contributed by atoms with Gasteiger partial charge in [0, 0.05) is 37.1 Å². The number of hydrogen-bond acceptors (Lipinski definition) is 5. The molecular weight excluding hydrogens is 268 g/mol. The zero-order chi connectivity index (χ0) is 14.8. The molecule has 5 heteroatoms. The normalized spacial score (nSPS) is 11.7. The topological polar surface area (TPSA) is 55.0 Å². The summed E-state index contributed by atoms with van der Waals surface area (Å²) in [5.74, 6) is 0.903. The highest BCUT2D eigenvalue weighted by molar-refractivity contribution is 7.09. The monoisotopic (exact) mass is 290 g/mol. The average molecular weight is 290 g/mol. The fourth-order valence-electron chi connectivity index (χ4n) is 1.87. The van der Waals surface area contributed by atoms with Crippen LogP contribution >= 0.6 is 11.5 Å². The molecule has 0 aliphatic carbocycles. The Kier molecular flexibility index (Phi) is 4.40. The number of rotatable bonds is 4. The van der Waals surface area contributed by atoms with Gasteiger partial charge in [0.25, 0.3) is 0 Å². The predicted molar refractivity (Wildman–Crippen MR) is 85.0 cm³/mol. The summed E-state index contributed by atoms with van der Waals surface area (Å²) in [6.45, 7) is 7.77. The maximum absolute atomic E-state index is 5.68. The number of nitrogens with zero attached hydrogens (tertiary/aromatic N) is 3. The highest BCUT2D eigenvalue weighted by Gasteiger charge is 2.20. The molecule has 1 aromatic carbocycles. The quantitative estimate of drug-likeness (QED) is 0.940. The van der Waals surface area contributed by atoms with E-state index in [1.165, 1.54) is 17.1 Å². The van der Waals surface area contributed by atoms with Crippen LogP contribution in [0.4, 0.5) is 5.13 Å². The van der Waals surface area contributed by atoms with Gasteiger partial charge in [0.05, 0.1) is 0 Å². The number of nitrogens with two attached hydrogens (primary N) is 1. The fraction of sp³-hybridized carbons (Fsp3) is 0.467. The van der Waals surface area contributed by atoms with Crippen LogP contribution in [0.1, 0.15) is 37.7 Å². The molecule has 0 spiro atoms. The summed E-state index contributed by atoms with van der Waals surface area (Å²) in [4.78, 5) is 6.76. The Morgan fingerprint density at radius 2 is 1.95 bits per heavy atom. The lowest BCUT2D eigenvalue weighted by molar-refractivity contribution is 0.554. The Morgan fingerprint density at radius 3 is 2.55 bits per heavy atom. The van der Waals surface area contributed by atoms with Crippen molar-refractivity contribution in [3.63, 3.8) is 0 Å². The fourth-order valence-corrected chi connectivity index (χ4v) is 2.69. The molecule has 108 valence electrons. The number of benzene rings is 1. The number of hydrogen-bond donors (Lipinski definition) is 1. The first-order chi connectivity index (χ1) is 9.40. The van der Waals surface area contributed by atoms with Gasteiger partial charge in [-0.25, -0.2) is 4.98 Å². The summed E-state index contributed by atoms with van der Waals surface area (Å²) in [6, 6.07) is 8.35. The Labute approximate surface area is 124 Å². The number of aromatic nitrogens is 2. The van der Waals surface area contributed by atoms with Gasteiger partial charge in [0.2, 0.25) is 5.13 Å². The van der Waals surface area contributed by atoms with Gasteiger partial charge >= 0.3 is 0 Å². The molecule has 1 aromatic heterocycles. The third-order valence-corrected chi connectivity index (χ3v) is 3.89. The van der Waals surface area contributed by atoms with Crippen LogP contribution in [-0.4, -0.2) is 16.4 Å². The maximum atomic E-state index is 5.68. The van der Waals surface area contributed by atoms with E-state index in [9.17, 15) is 0 Å². The van der Waals surface area contributed by atoms with Crippen LogP contribution in [0.25, 0.3) is 0 Å². The molecule has 2 N–H and O–H groups in total. The summed E-state index contributed by atoms with van der Waals surface area (Å²) < 4.78 is 4.45. The Bertz CT molecular complexity index is 571. The molecular formula is C15H22N4S. The van der Waals surface area contributed by atoms with Crippen LogP contribution in [0, 0.1) is 0 Å². The Hall–Kier alpha value is -1.46. The van der Waals surface area contributed by atoms with Crippen molar-refractivity contribution < 1.29 is 0 Å². The molecule has 2 aromatic rings. The summed E-state index contributed by atoms with van der Waals surface area (Å²) in [6.07, 6.45) is 0. The largest absolute Gasteiger partial charge is 0.346 e. The van der Waals surface area contributed by atoms with Crippen LogP contribution in [-0.2, 0) is 18.5 Å². The zero-order valence-electron chi connectivity index (χ0n) is 12.6. The van der Waals surface area contributed by atoms with Crippen molar-refractivity contribution in [1.29, 1.82) is 0 Å². The average Bonchev–Trinajstić information content (AvgIpc) is 2.88. The van der Waals surface area contributed by atoms with Gasteiger partial charge in [-0.15, -0.1) is 0 Å². The molecule has 1 heterocycles. The molecule has 0 aliphatic heterocycles. The van der Waals surface area contributed by atoms with Gasteiger partial charge in [-0.2, -0.15) is 4.37 Å². The van der Waals surface area contributed by atoms with Crippen molar-refractivity contribution in [1.82, 2.24) is 9.36 Å². The molecule has 0 unspecified atom stereocenters. The summed E-state index contributed by atoms with van der Waals surface area (Å²) >= 11 is 1.45. The first kappa shape index (κ1) is 14.9. The lowest BCUT2D eigenvalue weighted by atomic mass is 9.96. The maximum Gasteiger partial charge on any atom is 0.205 e. The van der Waals surface area contributed by atoms with Crippen LogP contribution in [0.15, 0.2) is 24.3 Å². The highest BCUT2D eigenvalue weighted by Crippen LogP contribution is 2.25. The second kappa shape index (κ2) is 5.89. The van der Waals surface area contributed by atoms with E-state index in [4.69, 9.17) is 5.73 Å². The standard InChI is InChI=1S/C15H22N4S/c1-15(2,3)13-17-14(20-18-13)19(4)10-12-7-5-6-11(8-12)9-16/h5-8H,9-10,16H2,1-4H3. The van der Waals surface area contributed by atoms with E-state index in [-0.39, 0.29) is 5.41 Å². The van der Waals surface area contributed by atoms with E-state index in [1.54, 1.807) is 0 Å².